The third kappa shape index (κ3) is 3.34. The van der Waals surface area contributed by atoms with Crippen molar-refractivity contribution in [1.82, 2.24) is 9.69 Å². The van der Waals surface area contributed by atoms with E-state index in [0.717, 1.165) is 10.9 Å². The molecule has 0 atom stereocenters. The molecule has 0 aliphatic carbocycles. The lowest BCUT2D eigenvalue weighted by atomic mass is 10.1. The Morgan fingerprint density at radius 3 is 2.44 bits per heavy atom. The van der Waals surface area contributed by atoms with Gasteiger partial charge in [0.25, 0.3) is 0 Å². The number of aromatic nitrogens is 1. The Hall–Kier alpha value is -1.33. The van der Waals surface area contributed by atoms with Crippen LogP contribution in [0.4, 0.5) is 8.78 Å². The van der Waals surface area contributed by atoms with E-state index in [0.29, 0.717) is 23.8 Å². The summed E-state index contributed by atoms with van der Waals surface area (Å²) in [4.78, 5) is 1.04. The fourth-order valence-electron chi connectivity index (χ4n) is 1.54. The molecule has 0 fully saturated rings. The second-order valence-corrected chi connectivity index (χ2v) is 5.26. The minimum absolute atomic E-state index is 0.391. The van der Waals surface area contributed by atoms with Crippen LogP contribution in [0.25, 0.3) is 11.3 Å². The zero-order chi connectivity index (χ0) is 13.1. The van der Waals surface area contributed by atoms with Gasteiger partial charge in [0.05, 0.1) is 5.69 Å². The van der Waals surface area contributed by atoms with Gasteiger partial charge in [0.15, 0.2) is 0 Å². The lowest BCUT2D eigenvalue weighted by Crippen LogP contribution is -2.21. The van der Waals surface area contributed by atoms with Crippen LogP contribution in [-0.4, -0.2) is 10.4 Å². The molecule has 2 rings (SSSR count). The highest BCUT2D eigenvalue weighted by molar-refractivity contribution is 7.06. The average molecular weight is 268 g/mol. The summed E-state index contributed by atoms with van der Waals surface area (Å²) in [6.07, 6.45) is 0. The molecule has 2 aromatic rings. The van der Waals surface area contributed by atoms with Gasteiger partial charge in [0.1, 0.15) is 11.6 Å². The first kappa shape index (κ1) is 13.1. The van der Waals surface area contributed by atoms with Gasteiger partial charge in [0.2, 0.25) is 0 Å². The van der Waals surface area contributed by atoms with E-state index < -0.39 is 11.6 Å². The molecule has 0 spiro atoms. The Morgan fingerprint density at radius 2 is 1.83 bits per heavy atom. The Balaban J connectivity index is 2.18. The highest BCUT2D eigenvalue weighted by atomic mass is 32.1. The third-order valence-corrected chi connectivity index (χ3v) is 3.19. The maximum Gasteiger partial charge on any atom is 0.126 e. The van der Waals surface area contributed by atoms with E-state index in [9.17, 15) is 8.78 Å². The van der Waals surface area contributed by atoms with Crippen molar-refractivity contribution in [3.8, 4) is 11.3 Å². The highest BCUT2D eigenvalue weighted by Gasteiger charge is 2.08. The molecule has 0 aliphatic heterocycles. The van der Waals surface area contributed by atoms with Gasteiger partial charge in [-0.3, -0.25) is 0 Å². The molecule has 18 heavy (non-hydrogen) atoms. The second kappa shape index (κ2) is 5.54. The van der Waals surface area contributed by atoms with E-state index in [2.05, 4.69) is 23.5 Å². The maximum absolute atomic E-state index is 13.1. The normalized spacial score (nSPS) is 11.2. The molecule has 0 radical (unpaired) electrons. The number of benzene rings is 1. The smallest absolute Gasteiger partial charge is 0.126 e. The van der Waals surface area contributed by atoms with Crippen LogP contribution < -0.4 is 5.32 Å². The standard InChI is InChI=1S/C13H14F2N2S/c1-8(2)16-7-12-6-13(17-18-12)9-3-10(14)5-11(15)4-9/h3-6,8,16H,7H2,1-2H3. The summed E-state index contributed by atoms with van der Waals surface area (Å²) in [5, 5.41) is 3.27. The highest BCUT2D eigenvalue weighted by Crippen LogP contribution is 2.23. The van der Waals surface area contributed by atoms with E-state index >= 15 is 0 Å². The quantitative estimate of drug-likeness (QED) is 0.916. The Kier molecular flexibility index (Phi) is 4.04. The van der Waals surface area contributed by atoms with Gasteiger partial charge in [-0.1, -0.05) is 13.8 Å². The summed E-state index contributed by atoms with van der Waals surface area (Å²) in [5.41, 5.74) is 1.08. The van der Waals surface area contributed by atoms with Gasteiger partial charge < -0.3 is 5.32 Å². The van der Waals surface area contributed by atoms with Crippen molar-refractivity contribution in [3.05, 3.63) is 40.8 Å². The molecule has 2 nitrogen and oxygen atoms in total. The van der Waals surface area contributed by atoms with Crippen molar-refractivity contribution in [1.29, 1.82) is 0 Å². The SMILES string of the molecule is CC(C)NCc1cc(-c2cc(F)cc(F)c2)ns1. The van der Waals surface area contributed by atoms with Crippen molar-refractivity contribution in [2.75, 3.05) is 0 Å². The molecular weight excluding hydrogens is 254 g/mol. The van der Waals surface area contributed by atoms with E-state index in [4.69, 9.17) is 0 Å². The number of nitrogens with one attached hydrogen (secondary N) is 1. The minimum Gasteiger partial charge on any atom is -0.310 e. The van der Waals surface area contributed by atoms with Crippen LogP contribution in [0.2, 0.25) is 0 Å². The zero-order valence-electron chi connectivity index (χ0n) is 10.2. The van der Waals surface area contributed by atoms with Crippen LogP contribution in [0.1, 0.15) is 18.7 Å². The van der Waals surface area contributed by atoms with Gasteiger partial charge in [-0.2, -0.15) is 4.37 Å². The van der Waals surface area contributed by atoms with Gasteiger partial charge in [-0.05, 0) is 29.7 Å². The van der Waals surface area contributed by atoms with E-state index in [-0.39, 0.29) is 0 Å². The van der Waals surface area contributed by atoms with Gasteiger partial charge in [-0.25, -0.2) is 8.78 Å². The summed E-state index contributed by atoms with van der Waals surface area (Å²) >= 11 is 1.34. The summed E-state index contributed by atoms with van der Waals surface area (Å²) in [5.74, 6) is -1.17. The van der Waals surface area contributed by atoms with Crippen LogP contribution >= 0.6 is 11.5 Å². The molecule has 1 aromatic heterocycles. The number of rotatable bonds is 4. The van der Waals surface area contributed by atoms with Crippen LogP contribution in [0.15, 0.2) is 24.3 Å². The monoisotopic (exact) mass is 268 g/mol. The molecule has 96 valence electrons. The second-order valence-electron chi connectivity index (χ2n) is 4.37. The first-order chi connectivity index (χ1) is 8.54. The molecule has 5 heteroatoms. The van der Waals surface area contributed by atoms with Crippen molar-refractivity contribution < 1.29 is 8.78 Å². The molecule has 1 N–H and O–H groups in total. The van der Waals surface area contributed by atoms with E-state index in [1.54, 1.807) is 0 Å². The number of hydrogen-bond acceptors (Lipinski definition) is 3. The van der Waals surface area contributed by atoms with Crippen LogP contribution in [0.3, 0.4) is 0 Å². The Morgan fingerprint density at radius 1 is 1.17 bits per heavy atom. The molecular formula is C13H14F2N2S. The summed E-state index contributed by atoms with van der Waals surface area (Å²) in [7, 11) is 0. The van der Waals surface area contributed by atoms with Crippen LogP contribution in [0, 0.1) is 11.6 Å². The number of hydrogen-bond donors (Lipinski definition) is 1. The largest absolute Gasteiger partial charge is 0.310 e. The minimum atomic E-state index is -0.583. The Labute approximate surface area is 109 Å². The van der Waals surface area contributed by atoms with Gasteiger partial charge >= 0.3 is 0 Å². The third-order valence-electron chi connectivity index (χ3n) is 2.40. The Bertz CT molecular complexity index is 517. The first-order valence-corrected chi connectivity index (χ1v) is 6.47. The molecule has 0 aliphatic rings. The summed E-state index contributed by atoms with van der Waals surface area (Å²) in [6.45, 7) is 4.83. The van der Waals surface area contributed by atoms with Crippen molar-refractivity contribution in [2.24, 2.45) is 0 Å². The molecule has 0 bridgehead atoms. The molecule has 1 heterocycles. The lowest BCUT2D eigenvalue weighted by molar-refractivity contribution is 0.584. The van der Waals surface area contributed by atoms with Gasteiger partial charge in [0, 0.05) is 29.1 Å². The fourth-order valence-corrected chi connectivity index (χ4v) is 2.22. The molecule has 0 saturated carbocycles. The molecule has 0 amide bonds. The van der Waals surface area contributed by atoms with Crippen LogP contribution in [-0.2, 0) is 6.54 Å². The lowest BCUT2D eigenvalue weighted by Gasteiger charge is -2.04. The van der Waals surface area contributed by atoms with E-state index in [1.807, 2.05) is 6.07 Å². The predicted octanol–water partition coefficient (Wildman–Crippen LogP) is 3.59. The predicted molar refractivity (Wildman–Crippen MR) is 69.4 cm³/mol. The summed E-state index contributed by atoms with van der Waals surface area (Å²) < 4.78 is 30.4. The number of halogens is 2. The first-order valence-electron chi connectivity index (χ1n) is 5.70. The zero-order valence-corrected chi connectivity index (χ0v) is 11.0. The van der Waals surface area contributed by atoms with E-state index in [1.165, 1.54) is 23.7 Å². The summed E-state index contributed by atoms with van der Waals surface area (Å²) in [6, 6.07) is 5.68. The van der Waals surface area contributed by atoms with Crippen molar-refractivity contribution >= 4 is 11.5 Å². The van der Waals surface area contributed by atoms with Gasteiger partial charge in [-0.15, -0.1) is 0 Å². The van der Waals surface area contributed by atoms with Crippen molar-refractivity contribution in [3.63, 3.8) is 0 Å². The van der Waals surface area contributed by atoms with Crippen molar-refractivity contribution in [2.45, 2.75) is 26.4 Å². The average Bonchev–Trinajstić information content (AvgIpc) is 2.73. The number of nitrogens with zero attached hydrogens (tertiary/aromatic N) is 1. The molecule has 0 saturated heterocycles. The topological polar surface area (TPSA) is 24.9 Å². The van der Waals surface area contributed by atoms with Crippen LogP contribution in [0.5, 0.6) is 0 Å². The molecule has 0 unspecified atom stereocenters. The molecule has 1 aromatic carbocycles. The fraction of sp³-hybridized carbons (Fsp3) is 0.308. The maximum atomic E-state index is 13.1.